The van der Waals surface area contributed by atoms with Crippen LogP contribution in [-0.4, -0.2) is 29.4 Å². The number of carbonyl (C=O) groups excluding carboxylic acids is 1. The lowest BCUT2D eigenvalue weighted by molar-refractivity contribution is -0.137. The van der Waals surface area contributed by atoms with Crippen LogP contribution in [0.3, 0.4) is 0 Å². The van der Waals surface area contributed by atoms with Crippen LogP contribution in [0.4, 0.5) is 0 Å². The summed E-state index contributed by atoms with van der Waals surface area (Å²) in [7, 11) is 0. The van der Waals surface area contributed by atoms with Gasteiger partial charge in [-0.1, -0.05) is 12.8 Å². The summed E-state index contributed by atoms with van der Waals surface area (Å²) < 4.78 is 0. The maximum Gasteiger partial charge on any atom is 0.227 e. The van der Waals surface area contributed by atoms with E-state index in [0.29, 0.717) is 11.9 Å². The van der Waals surface area contributed by atoms with Gasteiger partial charge in [0.15, 0.2) is 0 Å². The molecule has 1 saturated carbocycles. The molecule has 1 saturated heterocycles. The van der Waals surface area contributed by atoms with E-state index in [2.05, 4.69) is 11.8 Å². The van der Waals surface area contributed by atoms with Crippen molar-refractivity contribution in [3.63, 3.8) is 0 Å². The molecule has 1 heterocycles. The molecule has 0 aromatic carbocycles. The number of nitrogens with zero attached hydrogens (tertiary/aromatic N) is 1. The molecular weight excluding hydrogens is 188 g/mol. The molecule has 15 heavy (non-hydrogen) atoms. The molecular formula is C12H22N2O. The number of rotatable bonds is 1. The van der Waals surface area contributed by atoms with Crippen LogP contribution in [0.1, 0.15) is 45.4 Å². The van der Waals surface area contributed by atoms with E-state index in [1.807, 2.05) is 0 Å². The lowest BCUT2D eigenvalue weighted by Crippen LogP contribution is -2.46. The van der Waals surface area contributed by atoms with Gasteiger partial charge in [-0.25, -0.2) is 0 Å². The van der Waals surface area contributed by atoms with Gasteiger partial charge in [0.05, 0.1) is 5.92 Å². The van der Waals surface area contributed by atoms with Crippen molar-refractivity contribution in [2.75, 3.05) is 6.54 Å². The van der Waals surface area contributed by atoms with E-state index in [4.69, 9.17) is 5.73 Å². The minimum atomic E-state index is 0.110. The molecule has 3 heteroatoms. The Balaban J connectivity index is 1.99. The van der Waals surface area contributed by atoms with Gasteiger partial charge in [0.1, 0.15) is 0 Å². The Morgan fingerprint density at radius 1 is 1.20 bits per heavy atom. The number of carbonyl (C=O) groups is 1. The predicted molar refractivity (Wildman–Crippen MR) is 60.3 cm³/mol. The van der Waals surface area contributed by atoms with Gasteiger partial charge in [-0.2, -0.15) is 0 Å². The Morgan fingerprint density at radius 2 is 1.93 bits per heavy atom. The lowest BCUT2D eigenvalue weighted by Gasteiger charge is -2.32. The van der Waals surface area contributed by atoms with Crippen LogP contribution in [0, 0.1) is 5.92 Å². The van der Waals surface area contributed by atoms with Crippen molar-refractivity contribution < 1.29 is 4.79 Å². The predicted octanol–water partition coefficient (Wildman–Crippen LogP) is 1.51. The fourth-order valence-electron chi connectivity index (χ4n) is 2.94. The second kappa shape index (κ2) is 4.52. The second-order valence-electron chi connectivity index (χ2n) is 5.08. The van der Waals surface area contributed by atoms with Gasteiger partial charge in [-0.15, -0.1) is 0 Å². The third kappa shape index (κ3) is 2.17. The van der Waals surface area contributed by atoms with Crippen LogP contribution >= 0.6 is 0 Å². The van der Waals surface area contributed by atoms with E-state index in [-0.39, 0.29) is 12.0 Å². The lowest BCUT2D eigenvalue weighted by atomic mass is 9.84. The SMILES string of the molecule is CC1CCCN1C(=O)C1CCCCC1N. The van der Waals surface area contributed by atoms with Gasteiger partial charge >= 0.3 is 0 Å². The summed E-state index contributed by atoms with van der Waals surface area (Å²) in [4.78, 5) is 14.3. The van der Waals surface area contributed by atoms with E-state index in [9.17, 15) is 4.79 Å². The molecule has 2 aliphatic rings. The summed E-state index contributed by atoms with van der Waals surface area (Å²) in [5.41, 5.74) is 6.05. The van der Waals surface area contributed by atoms with Crippen LogP contribution < -0.4 is 5.73 Å². The van der Waals surface area contributed by atoms with Crippen molar-refractivity contribution in [1.29, 1.82) is 0 Å². The van der Waals surface area contributed by atoms with Crippen LogP contribution in [0.5, 0.6) is 0 Å². The van der Waals surface area contributed by atoms with Gasteiger partial charge < -0.3 is 10.6 Å². The van der Waals surface area contributed by atoms with Crippen molar-refractivity contribution in [2.24, 2.45) is 11.7 Å². The van der Waals surface area contributed by atoms with Crippen molar-refractivity contribution in [1.82, 2.24) is 4.90 Å². The molecule has 0 aromatic rings. The third-order valence-corrected chi connectivity index (χ3v) is 3.97. The van der Waals surface area contributed by atoms with Crippen LogP contribution in [0.2, 0.25) is 0 Å². The minimum absolute atomic E-state index is 0.110. The quantitative estimate of drug-likeness (QED) is 0.713. The summed E-state index contributed by atoms with van der Waals surface area (Å²) in [5.74, 6) is 0.437. The molecule has 1 aliphatic heterocycles. The van der Waals surface area contributed by atoms with Gasteiger partial charge in [0, 0.05) is 18.6 Å². The average molecular weight is 210 g/mol. The Kier molecular flexibility index (Phi) is 3.29. The largest absolute Gasteiger partial charge is 0.340 e. The van der Waals surface area contributed by atoms with Crippen LogP contribution in [0.15, 0.2) is 0 Å². The van der Waals surface area contributed by atoms with Crippen molar-refractivity contribution in [3.8, 4) is 0 Å². The zero-order chi connectivity index (χ0) is 10.8. The third-order valence-electron chi connectivity index (χ3n) is 3.97. The molecule has 0 spiro atoms. The average Bonchev–Trinajstić information content (AvgIpc) is 2.64. The molecule has 86 valence electrons. The molecule has 2 N–H and O–H groups in total. The van der Waals surface area contributed by atoms with E-state index in [1.165, 1.54) is 12.8 Å². The van der Waals surface area contributed by atoms with Crippen LogP contribution in [0.25, 0.3) is 0 Å². The maximum atomic E-state index is 12.3. The molecule has 3 atom stereocenters. The molecule has 1 aliphatic carbocycles. The van der Waals surface area contributed by atoms with Crippen molar-refractivity contribution in [2.45, 2.75) is 57.5 Å². The van der Waals surface area contributed by atoms with Crippen molar-refractivity contribution in [3.05, 3.63) is 0 Å². The first-order chi connectivity index (χ1) is 7.20. The number of hydrogen-bond acceptors (Lipinski definition) is 2. The highest BCUT2D eigenvalue weighted by atomic mass is 16.2. The molecule has 3 nitrogen and oxygen atoms in total. The monoisotopic (exact) mass is 210 g/mol. The minimum Gasteiger partial charge on any atom is -0.340 e. The van der Waals surface area contributed by atoms with Gasteiger partial charge in [-0.3, -0.25) is 4.79 Å². The molecule has 3 unspecified atom stereocenters. The number of nitrogens with two attached hydrogens (primary N) is 1. The molecule has 0 aromatic heterocycles. The highest BCUT2D eigenvalue weighted by Crippen LogP contribution is 2.27. The fourth-order valence-corrected chi connectivity index (χ4v) is 2.94. The first-order valence-corrected chi connectivity index (χ1v) is 6.26. The fraction of sp³-hybridized carbons (Fsp3) is 0.917. The Hall–Kier alpha value is -0.570. The number of hydrogen-bond donors (Lipinski definition) is 1. The first kappa shape index (κ1) is 10.9. The smallest absolute Gasteiger partial charge is 0.227 e. The highest BCUT2D eigenvalue weighted by Gasteiger charge is 2.34. The second-order valence-corrected chi connectivity index (χ2v) is 5.08. The molecule has 2 fully saturated rings. The summed E-state index contributed by atoms with van der Waals surface area (Å²) in [6.07, 6.45) is 6.72. The first-order valence-electron chi connectivity index (χ1n) is 6.26. The summed E-state index contributed by atoms with van der Waals surface area (Å²) >= 11 is 0. The topological polar surface area (TPSA) is 46.3 Å². The van der Waals surface area contributed by atoms with Gasteiger partial charge in [0.25, 0.3) is 0 Å². The molecule has 1 amide bonds. The van der Waals surface area contributed by atoms with Crippen LogP contribution in [-0.2, 0) is 4.79 Å². The summed E-state index contributed by atoms with van der Waals surface area (Å²) in [6.45, 7) is 3.10. The maximum absolute atomic E-state index is 12.3. The number of amides is 1. The van der Waals surface area contributed by atoms with Gasteiger partial charge in [-0.05, 0) is 32.6 Å². The van der Waals surface area contributed by atoms with Crippen molar-refractivity contribution >= 4 is 5.91 Å². The van der Waals surface area contributed by atoms with E-state index >= 15 is 0 Å². The Morgan fingerprint density at radius 3 is 2.53 bits per heavy atom. The zero-order valence-corrected chi connectivity index (χ0v) is 9.61. The molecule has 2 rings (SSSR count). The van der Waals surface area contributed by atoms with Gasteiger partial charge in [0.2, 0.25) is 5.91 Å². The van der Waals surface area contributed by atoms with E-state index in [1.54, 1.807) is 0 Å². The molecule has 0 bridgehead atoms. The summed E-state index contributed by atoms with van der Waals surface area (Å²) in [6, 6.07) is 0.547. The zero-order valence-electron chi connectivity index (χ0n) is 9.61. The van der Waals surface area contributed by atoms with E-state index in [0.717, 1.165) is 32.2 Å². The Bertz CT molecular complexity index is 242. The summed E-state index contributed by atoms with van der Waals surface area (Å²) in [5, 5.41) is 0. The standard InChI is InChI=1S/C12H22N2O/c1-9-5-4-8-14(9)12(15)10-6-2-3-7-11(10)13/h9-11H,2-8,13H2,1H3. The highest BCUT2D eigenvalue weighted by molar-refractivity contribution is 5.80. The number of likely N-dealkylation sites (tertiary alicyclic amines) is 1. The van der Waals surface area contributed by atoms with E-state index < -0.39 is 0 Å². The normalized spacial score (nSPS) is 36.9. The molecule has 0 radical (unpaired) electrons. The Labute approximate surface area is 92.0 Å².